The fraction of sp³-hybridized carbons (Fsp3) is 0.0833. The highest BCUT2D eigenvalue weighted by molar-refractivity contribution is 5.73. The predicted molar refractivity (Wildman–Crippen MR) is 58.6 cm³/mol. The Morgan fingerprint density at radius 3 is 2.65 bits per heavy atom. The molecule has 0 saturated carbocycles. The minimum atomic E-state index is -0.393. The van der Waals surface area contributed by atoms with Crippen LogP contribution in [0.2, 0.25) is 0 Å². The van der Waals surface area contributed by atoms with Crippen LogP contribution in [0.3, 0.4) is 0 Å². The number of carbonyl (C=O) groups is 1. The lowest BCUT2D eigenvalue weighted by Crippen LogP contribution is -1.95. The maximum Gasteiger partial charge on any atom is 0.321 e. The van der Waals surface area contributed by atoms with Gasteiger partial charge in [0.05, 0.1) is 5.56 Å². The summed E-state index contributed by atoms with van der Waals surface area (Å²) in [6.07, 6.45) is 3.31. The van der Waals surface area contributed by atoms with Crippen molar-refractivity contribution in [3.63, 3.8) is 0 Å². The van der Waals surface area contributed by atoms with Gasteiger partial charge in [0.15, 0.2) is 6.29 Å². The first-order chi connectivity index (χ1) is 8.19. The Kier molecular flexibility index (Phi) is 3.09. The number of ether oxygens (including phenoxy) is 1. The van der Waals surface area contributed by atoms with E-state index in [0.717, 1.165) is 5.56 Å². The molecule has 2 rings (SSSR count). The second kappa shape index (κ2) is 4.69. The summed E-state index contributed by atoms with van der Waals surface area (Å²) in [7, 11) is 0. The van der Waals surface area contributed by atoms with Gasteiger partial charge >= 0.3 is 6.01 Å². The van der Waals surface area contributed by atoms with Crippen LogP contribution in [0.5, 0.6) is 11.8 Å². The zero-order valence-electron chi connectivity index (χ0n) is 9.05. The second-order valence-electron chi connectivity index (χ2n) is 3.43. The van der Waals surface area contributed by atoms with Crippen molar-refractivity contribution in [1.29, 1.82) is 0 Å². The summed E-state index contributed by atoms with van der Waals surface area (Å²) in [6.45, 7) is 1.79. The van der Waals surface area contributed by atoms with Crippen molar-refractivity contribution in [2.75, 3.05) is 0 Å². The van der Waals surface area contributed by atoms with Gasteiger partial charge < -0.3 is 4.74 Å². The molecule has 0 bridgehead atoms. The van der Waals surface area contributed by atoms with Gasteiger partial charge in [-0.05, 0) is 18.6 Å². The molecule has 5 heteroatoms. The lowest BCUT2D eigenvalue weighted by Gasteiger charge is -2.06. The molecule has 0 aliphatic heterocycles. The predicted octanol–water partition coefficient (Wildman–Crippen LogP) is 2.53. The molecule has 2 aromatic rings. The van der Waals surface area contributed by atoms with Crippen LogP contribution in [0.15, 0.2) is 30.6 Å². The summed E-state index contributed by atoms with van der Waals surface area (Å²) in [5.41, 5.74) is 1.13. The van der Waals surface area contributed by atoms with Gasteiger partial charge in [0, 0.05) is 18.5 Å². The molecule has 0 unspecified atom stereocenters. The number of aromatic nitrogens is 2. The summed E-state index contributed by atoms with van der Waals surface area (Å²) in [4.78, 5) is 18.1. The summed E-state index contributed by atoms with van der Waals surface area (Å²) >= 11 is 0. The van der Waals surface area contributed by atoms with E-state index in [0.29, 0.717) is 17.6 Å². The monoisotopic (exact) mass is 232 g/mol. The van der Waals surface area contributed by atoms with E-state index in [1.165, 1.54) is 24.5 Å². The van der Waals surface area contributed by atoms with E-state index in [9.17, 15) is 9.18 Å². The van der Waals surface area contributed by atoms with Crippen LogP contribution in [0.25, 0.3) is 0 Å². The molecule has 86 valence electrons. The minimum Gasteiger partial charge on any atom is -0.424 e. The lowest BCUT2D eigenvalue weighted by molar-refractivity contribution is 0.112. The van der Waals surface area contributed by atoms with Crippen LogP contribution in [-0.2, 0) is 0 Å². The number of hydrogen-bond donors (Lipinski definition) is 0. The molecule has 0 amide bonds. The zero-order chi connectivity index (χ0) is 12.3. The Bertz CT molecular complexity index is 541. The number of nitrogens with zero attached hydrogens (tertiary/aromatic N) is 2. The van der Waals surface area contributed by atoms with Crippen molar-refractivity contribution in [3.05, 3.63) is 47.5 Å². The third-order valence-corrected chi connectivity index (χ3v) is 2.14. The molecule has 17 heavy (non-hydrogen) atoms. The Morgan fingerprint density at radius 2 is 2.00 bits per heavy atom. The number of benzene rings is 1. The van der Waals surface area contributed by atoms with Gasteiger partial charge in [0.2, 0.25) is 0 Å². The fourth-order valence-corrected chi connectivity index (χ4v) is 1.22. The first-order valence-corrected chi connectivity index (χ1v) is 4.90. The summed E-state index contributed by atoms with van der Waals surface area (Å²) in [5, 5.41) is 0. The van der Waals surface area contributed by atoms with E-state index >= 15 is 0 Å². The summed E-state index contributed by atoms with van der Waals surface area (Å²) in [6, 6.07) is 4.28. The highest BCUT2D eigenvalue weighted by Crippen LogP contribution is 2.22. The molecule has 1 aromatic carbocycles. The van der Waals surface area contributed by atoms with Crippen LogP contribution in [0, 0.1) is 12.7 Å². The topological polar surface area (TPSA) is 52.1 Å². The highest BCUT2D eigenvalue weighted by atomic mass is 19.1. The average molecular weight is 232 g/mol. The third kappa shape index (κ3) is 2.63. The highest BCUT2D eigenvalue weighted by Gasteiger charge is 2.05. The molecule has 0 atom stereocenters. The van der Waals surface area contributed by atoms with E-state index in [1.54, 1.807) is 13.0 Å². The van der Waals surface area contributed by atoms with Crippen molar-refractivity contribution < 1.29 is 13.9 Å². The Morgan fingerprint density at radius 1 is 1.29 bits per heavy atom. The fourth-order valence-electron chi connectivity index (χ4n) is 1.22. The standard InChI is InChI=1S/C12H9FN2O2/c1-8-2-3-10(13)4-11(8)17-12-14-5-9(7-16)6-15-12/h2-7H,1H3. The molecule has 0 radical (unpaired) electrons. The van der Waals surface area contributed by atoms with E-state index in [4.69, 9.17) is 4.74 Å². The molecule has 0 spiro atoms. The van der Waals surface area contributed by atoms with E-state index in [-0.39, 0.29) is 6.01 Å². The average Bonchev–Trinajstić information content (AvgIpc) is 2.35. The van der Waals surface area contributed by atoms with Gasteiger partial charge in [-0.25, -0.2) is 14.4 Å². The van der Waals surface area contributed by atoms with Crippen molar-refractivity contribution in [2.45, 2.75) is 6.92 Å². The molecule has 0 aliphatic rings. The van der Waals surface area contributed by atoms with E-state index < -0.39 is 5.82 Å². The minimum absolute atomic E-state index is 0.0734. The largest absolute Gasteiger partial charge is 0.424 e. The van der Waals surface area contributed by atoms with Gasteiger partial charge in [0.25, 0.3) is 0 Å². The van der Waals surface area contributed by atoms with Crippen LogP contribution in [0.4, 0.5) is 4.39 Å². The quantitative estimate of drug-likeness (QED) is 0.763. The maximum atomic E-state index is 13.0. The van der Waals surface area contributed by atoms with Gasteiger partial charge in [0.1, 0.15) is 11.6 Å². The smallest absolute Gasteiger partial charge is 0.321 e. The lowest BCUT2D eigenvalue weighted by atomic mass is 10.2. The van der Waals surface area contributed by atoms with Crippen LogP contribution < -0.4 is 4.74 Å². The number of aryl methyl sites for hydroxylation is 1. The van der Waals surface area contributed by atoms with E-state index in [1.807, 2.05) is 0 Å². The summed E-state index contributed by atoms with van der Waals surface area (Å²) in [5.74, 6) is -0.0426. The second-order valence-corrected chi connectivity index (χ2v) is 3.43. The molecule has 1 heterocycles. The first-order valence-electron chi connectivity index (χ1n) is 4.90. The van der Waals surface area contributed by atoms with Crippen molar-refractivity contribution in [2.24, 2.45) is 0 Å². The van der Waals surface area contributed by atoms with E-state index in [2.05, 4.69) is 9.97 Å². The molecule has 0 N–H and O–H groups in total. The van der Waals surface area contributed by atoms with Gasteiger partial charge in [-0.15, -0.1) is 0 Å². The van der Waals surface area contributed by atoms with Gasteiger partial charge in [-0.3, -0.25) is 4.79 Å². The zero-order valence-corrected chi connectivity index (χ0v) is 9.05. The molecular weight excluding hydrogens is 223 g/mol. The van der Waals surface area contributed by atoms with Crippen molar-refractivity contribution >= 4 is 6.29 Å². The number of carbonyl (C=O) groups excluding carboxylic acids is 1. The van der Waals surface area contributed by atoms with Gasteiger partial charge in [-0.2, -0.15) is 0 Å². The Balaban J connectivity index is 2.24. The molecule has 1 aromatic heterocycles. The Hall–Kier alpha value is -2.30. The Labute approximate surface area is 97.1 Å². The van der Waals surface area contributed by atoms with Crippen LogP contribution >= 0.6 is 0 Å². The number of aldehydes is 1. The first kappa shape index (κ1) is 11.2. The van der Waals surface area contributed by atoms with Crippen molar-refractivity contribution in [1.82, 2.24) is 9.97 Å². The third-order valence-electron chi connectivity index (χ3n) is 2.14. The molecule has 4 nitrogen and oxygen atoms in total. The molecule has 0 aliphatic carbocycles. The van der Waals surface area contributed by atoms with Crippen LogP contribution in [-0.4, -0.2) is 16.3 Å². The molecule has 0 fully saturated rings. The number of hydrogen-bond acceptors (Lipinski definition) is 4. The molecule has 0 saturated heterocycles. The SMILES string of the molecule is Cc1ccc(F)cc1Oc1ncc(C=O)cn1. The number of halogens is 1. The molecular formula is C12H9FN2O2. The number of rotatable bonds is 3. The maximum absolute atomic E-state index is 13.0. The van der Waals surface area contributed by atoms with Gasteiger partial charge in [-0.1, -0.05) is 6.07 Å². The summed E-state index contributed by atoms with van der Waals surface area (Å²) < 4.78 is 18.3. The normalized spacial score (nSPS) is 10.0. The van der Waals surface area contributed by atoms with Crippen molar-refractivity contribution in [3.8, 4) is 11.8 Å². The van der Waals surface area contributed by atoms with Crippen LogP contribution in [0.1, 0.15) is 15.9 Å².